The van der Waals surface area contributed by atoms with Gasteiger partial charge in [0.1, 0.15) is 0 Å². The maximum absolute atomic E-state index is 11.6. The number of carbonyl (C=O) groups is 3. The highest BCUT2D eigenvalue weighted by Crippen LogP contribution is 2.29. The van der Waals surface area contributed by atoms with Crippen LogP contribution in [0.4, 0.5) is 0 Å². The topological polar surface area (TPSA) is 78.9 Å². The highest BCUT2D eigenvalue weighted by Gasteiger charge is 2.13. The number of esters is 3. The maximum Gasteiger partial charge on any atom is 0.310 e. The van der Waals surface area contributed by atoms with Crippen molar-refractivity contribution in [1.29, 1.82) is 0 Å². The van der Waals surface area contributed by atoms with Crippen molar-refractivity contribution in [3.05, 3.63) is 23.8 Å². The van der Waals surface area contributed by atoms with Crippen molar-refractivity contribution in [3.8, 4) is 11.5 Å². The van der Waals surface area contributed by atoms with Crippen LogP contribution in [0.25, 0.3) is 0 Å². The van der Waals surface area contributed by atoms with E-state index < -0.39 is 11.9 Å². The van der Waals surface area contributed by atoms with E-state index in [2.05, 4.69) is 0 Å². The Labute approximate surface area is 123 Å². The lowest BCUT2D eigenvalue weighted by Crippen LogP contribution is -2.10. The second-order valence-electron chi connectivity index (χ2n) is 4.37. The van der Waals surface area contributed by atoms with Gasteiger partial charge in [0.25, 0.3) is 0 Å². The van der Waals surface area contributed by atoms with E-state index in [1.165, 1.54) is 26.0 Å². The standard InChI is InChI=1S/C15H18O6/c1-4-7-19-15(18)9-12-5-6-13(20-10(2)16)14(8-12)21-11(3)17/h5-6,8H,4,7,9H2,1-3H3. The molecule has 0 saturated carbocycles. The van der Waals surface area contributed by atoms with Gasteiger partial charge in [-0.3, -0.25) is 14.4 Å². The maximum atomic E-state index is 11.6. The van der Waals surface area contributed by atoms with Crippen molar-refractivity contribution >= 4 is 17.9 Å². The lowest BCUT2D eigenvalue weighted by Gasteiger charge is -2.10. The number of ether oxygens (including phenoxy) is 3. The quantitative estimate of drug-likeness (QED) is 0.590. The average molecular weight is 294 g/mol. The Hall–Kier alpha value is -2.37. The van der Waals surface area contributed by atoms with Gasteiger partial charge in [0.05, 0.1) is 13.0 Å². The van der Waals surface area contributed by atoms with Crippen molar-refractivity contribution in [3.63, 3.8) is 0 Å². The van der Waals surface area contributed by atoms with Crippen LogP contribution < -0.4 is 9.47 Å². The van der Waals surface area contributed by atoms with E-state index in [-0.39, 0.29) is 23.9 Å². The van der Waals surface area contributed by atoms with E-state index in [1.54, 1.807) is 6.07 Å². The lowest BCUT2D eigenvalue weighted by atomic mass is 10.1. The molecule has 1 aromatic carbocycles. The molecule has 0 aromatic heterocycles. The van der Waals surface area contributed by atoms with Gasteiger partial charge < -0.3 is 14.2 Å². The van der Waals surface area contributed by atoms with E-state index in [1.807, 2.05) is 6.92 Å². The molecular formula is C15H18O6. The molecule has 0 fully saturated rings. The zero-order chi connectivity index (χ0) is 15.8. The first-order valence-corrected chi connectivity index (χ1v) is 6.57. The third-order valence-corrected chi connectivity index (χ3v) is 2.33. The van der Waals surface area contributed by atoms with Gasteiger partial charge in [-0.1, -0.05) is 13.0 Å². The number of hydrogen-bond acceptors (Lipinski definition) is 6. The first kappa shape index (κ1) is 16.7. The molecule has 0 N–H and O–H groups in total. The fourth-order valence-corrected chi connectivity index (χ4v) is 1.57. The highest BCUT2D eigenvalue weighted by molar-refractivity contribution is 5.75. The van der Waals surface area contributed by atoms with Gasteiger partial charge in [0.2, 0.25) is 0 Å². The van der Waals surface area contributed by atoms with Crippen LogP contribution in [0.3, 0.4) is 0 Å². The molecule has 0 unspecified atom stereocenters. The minimum Gasteiger partial charge on any atom is -0.465 e. The molecule has 0 heterocycles. The summed E-state index contributed by atoms with van der Waals surface area (Å²) in [5, 5.41) is 0. The second kappa shape index (κ2) is 8.04. The largest absolute Gasteiger partial charge is 0.465 e. The summed E-state index contributed by atoms with van der Waals surface area (Å²) in [6, 6.07) is 4.56. The van der Waals surface area contributed by atoms with Crippen LogP contribution in [0.15, 0.2) is 18.2 Å². The molecular weight excluding hydrogens is 276 g/mol. The zero-order valence-corrected chi connectivity index (χ0v) is 12.3. The SMILES string of the molecule is CCCOC(=O)Cc1ccc(OC(C)=O)c(OC(C)=O)c1. The summed E-state index contributed by atoms with van der Waals surface area (Å²) in [7, 11) is 0. The van der Waals surface area contributed by atoms with Crippen LogP contribution in [0.2, 0.25) is 0 Å². The van der Waals surface area contributed by atoms with Gasteiger partial charge in [0.15, 0.2) is 11.5 Å². The van der Waals surface area contributed by atoms with Crippen LogP contribution in [-0.2, 0) is 25.5 Å². The molecule has 0 radical (unpaired) electrons. The van der Waals surface area contributed by atoms with Gasteiger partial charge in [-0.2, -0.15) is 0 Å². The predicted octanol–water partition coefficient (Wildman–Crippen LogP) is 2.03. The van der Waals surface area contributed by atoms with Gasteiger partial charge in [0, 0.05) is 13.8 Å². The van der Waals surface area contributed by atoms with E-state index in [0.717, 1.165) is 6.42 Å². The van der Waals surface area contributed by atoms with Gasteiger partial charge in [-0.25, -0.2) is 0 Å². The normalized spacial score (nSPS) is 9.86. The van der Waals surface area contributed by atoms with Crippen molar-refractivity contribution in [2.75, 3.05) is 6.61 Å². The predicted molar refractivity (Wildman–Crippen MR) is 74.0 cm³/mol. The molecule has 0 atom stereocenters. The van der Waals surface area contributed by atoms with E-state index in [9.17, 15) is 14.4 Å². The summed E-state index contributed by atoms with van der Waals surface area (Å²) in [6.45, 7) is 4.74. The van der Waals surface area contributed by atoms with E-state index >= 15 is 0 Å². The summed E-state index contributed by atoms with van der Waals surface area (Å²) in [5.41, 5.74) is 0.600. The van der Waals surface area contributed by atoms with Gasteiger partial charge in [-0.15, -0.1) is 0 Å². The molecule has 0 aliphatic carbocycles. The Morgan fingerprint density at radius 1 is 1.00 bits per heavy atom. The van der Waals surface area contributed by atoms with Crippen LogP contribution in [0.5, 0.6) is 11.5 Å². The third kappa shape index (κ3) is 6.07. The number of benzene rings is 1. The molecule has 114 valence electrons. The lowest BCUT2D eigenvalue weighted by molar-refractivity contribution is -0.142. The number of rotatable bonds is 6. The van der Waals surface area contributed by atoms with Gasteiger partial charge in [-0.05, 0) is 24.1 Å². The molecule has 0 spiro atoms. The third-order valence-electron chi connectivity index (χ3n) is 2.33. The van der Waals surface area contributed by atoms with Crippen LogP contribution in [-0.4, -0.2) is 24.5 Å². The van der Waals surface area contributed by atoms with Crippen molar-refractivity contribution in [1.82, 2.24) is 0 Å². The fourth-order valence-electron chi connectivity index (χ4n) is 1.57. The Balaban J connectivity index is 2.89. The molecule has 0 bridgehead atoms. The summed E-state index contributed by atoms with van der Waals surface area (Å²) >= 11 is 0. The zero-order valence-electron chi connectivity index (χ0n) is 12.3. The Bertz CT molecular complexity index is 535. The molecule has 21 heavy (non-hydrogen) atoms. The minimum atomic E-state index is -0.547. The number of hydrogen-bond donors (Lipinski definition) is 0. The summed E-state index contributed by atoms with van der Waals surface area (Å²) in [5.74, 6) is -1.22. The monoisotopic (exact) mass is 294 g/mol. The first-order valence-electron chi connectivity index (χ1n) is 6.57. The highest BCUT2D eigenvalue weighted by atomic mass is 16.6. The Morgan fingerprint density at radius 2 is 1.62 bits per heavy atom. The first-order chi connectivity index (χ1) is 9.92. The van der Waals surface area contributed by atoms with Crippen molar-refractivity contribution in [2.24, 2.45) is 0 Å². The second-order valence-corrected chi connectivity index (χ2v) is 4.37. The Kier molecular flexibility index (Phi) is 6.39. The minimum absolute atomic E-state index is 0.0502. The molecule has 0 saturated heterocycles. The van der Waals surface area contributed by atoms with Crippen molar-refractivity contribution in [2.45, 2.75) is 33.6 Å². The molecule has 0 aliphatic rings. The average Bonchev–Trinajstić information content (AvgIpc) is 2.38. The Morgan fingerprint density at radius 3 is 2.19 bits per heavy atom. The van der Waals surface area contributed by atoms with Crippen molar-refractivity contribution < 1.29 is 28.6 Å². The molecule has 1 rings (SSSR count). The van der Waals surface area contributed by atoms with Crippen LogP contribution in [0.1, 0.15) is 32.8 Å². The summed E-state index contributed by atoms with van der Waals surface area (Å²) in [6.07, 6.45) is 0.796. The smallest absolute Gasteiger partial charge is 0.310 e. The molecule has 0 amide bonds. The summed E-state index contributed by atoms with van der Waals surface area (Å²) < 4.78 is 14.9. The van der Waals surface area contributed by atoms with Crippen LogP contribution in [0, 0.1) is 0 Å². The fraction of sp³-hybridized carbons (Fsp3) is 0.400. The molecule has 6 heteroatoms. The molecule has 6 nitrogen and oxygen atoms in total. The van der Waals surface area contributed by atoms with Gasteiger partial charge >= 0.3 is 17.9 Å². The molecule has 1 aromatic rings. The van der Waals surface area contributed by atoms with E-state index in [0.29, 0.717) is 12.2 Å². The molecule has 0 aliphatic heterocycles. The number of carbonyl (C=O) groups excluding carboxylic acids is 3. The van der Waals surface area contributed by atoms with Crippen LogP contribution >= 0.6 is 0 Å². The summed E-state index contributed by atoms with van der Waals surface area (Å²) in [4.78, 5) is 33.6. The van der Waals surface area contributed by atoms with E-state index in [4.69, 9.17) is 14.2 Å².